The summed E-state index contributed by atoms with van der Waals surface area (Å²) < 4.78 is 27.0. The Labute approximate surface area is 165 Å². The molecular weight excluding hydrogens is 378 g/mol. The molecule has 1 amide bonds. The highest BCUT2D eigenvalue weighted by Crippen LogP contribution is 2.18. The Hall–Kier alpha value is -2.55. The van der Waals surface area contributed by atoms with Crippen LogP contribution in [0.1, 0.15) is 17.3 Å². The van der Waals surface area contributed by atoms with Crippen LogP contribution < -0.4 is 5.32 Å². The molecule has 8 heteroatoms. The van der Waals surface area contributed by atoms with Crippen LogP contribution >= 0.6 is 0 Å². The quantitative estimate of drug-likeness (QED) is 0.747. The van der Waals surface area contributed by atoms with E-state index in [1.165, 1.54) is 35.5 Å². The molecule has 0 radical (unpaired) electrons. The number of para-hydroxylation sites is 1. The maximum absolute atomic E-state index is 12.8. The number of hydrogen-bond donors (Lipinski definition) is 1. The number of nitrogens with zero attached hydrogens (tertiary/aromatic N) is 2. The summed E-state index contributed by atoms with van der Waals surface area (Å²) in [6.45, 7) is 3.25. The topological polar surface area (TPSA) is 86.8 Å². The molecule has 2 aromatic carbocycles. The van der Waals surface area contributed by atoms with Gasteiger partial charge in [-0.1, -0.05) is 30.3 Å². The standard InChI is InChI=1S/C20H23N3O4S/c1-16(24)17-7-9-19(10-8-17)28(26,27)23-13-11-22(12-14-23)15-20(25)21-18-5-3-2-4-6-18/h2-10H,11-15H2,1H3,(H,21,25). The predicted molar refractivity (Wildman–Crippen MR) is 107 cm³/mol. The average Bonchev–Trinajstić information content (AvgIpc) is 2.69. The Kier molecular flexibility index (Phi) is 6.23. The zero-order chi connectivity index (χ0) is 20.1. The number of amides is 1. The second-order valence-corrected chi connectivity index (χ2v) is 8.61. The monoisotopic (exact) mass is 401 g/mol. The Morgan fingerprint density at radius 2 is 1.54 bits per heavy atom. The van der Waals surface area contributed by atoms with E-state index in [1.807, 2.05) is 35.2 Å². The molecule has 0 aromatic heterocycles. The van der Waals surface area contributed by atoms with Crippen molar-refractivity contribution in [3.05, 3.63) is 60.2 Å². The summed E-state index contributed by atoms with van der Waals surface area (Å²) >= 11 is 0. The Balaban J connectivity index is 1.55. The minimum atomic E-state index is -3.61. The smallest absolute Gasteiger partial charge is 0.243 e. The van der Waals surface area contributed by atoms with Crippen molar-refractivity contribution in [1.29, 1.82) is 0 Å². The number of anilines is 1. The molecule has 0 bridgehead atoms. The molecule has 0 aliphatic carbocycles. The fourth-order valence-electron chi connectivity index (χ4n) is 3.06. The minimum absolute atomic E-state index is 0.105. The number of Topliss-reactive ketones (excluding diaryl/α,β-unsaturated/α-hetero) is 1. The molecule has 1 heterocycles. The minimum Gasteiger partial charge on any atom is -0.325 e. The van der Waals surface area contributed by atoms with Crippen LogP contribution in [0.3, 0.4) is 0 Å². The first-order valence-electron chi connectivity index (χ1n) is 9.05. The zero-order valence-electron chi connectivity index (χ0n) is 15.7. The molecule has 3 rings (SSSR count). The van der Waals surface area contributed by atoms with E-state index in [2.05, 4.69) is 5.32 Å². The van der Waals surface area contributed by atoms with Crippen LogP contribution in [0.2, 0.25) is 0 Å². The van der Waals surface area contributed by atoms with Gasteiger partial charge in [0.1, 0.15) is 0 Å². The van der Waals surface area contributed by atoms with E-state index in [1.54, 1.807) is 0 Å². The molecule has 0 spiro atoms. The molecule has 28 heavy (non-hydrogen) atoms. The van der Waals surface area contributed by atoms with E-state index in [-0.39, 0.29) is 23.1 Å². The molecule has 148 valence electrons. The fourth-order valence-corrected chi connectivity index (χ4v) is 4.49. The van der Waals surface area contributed by atoms with E-state index in [0.29, 0.717) is 31.7 Å². The molecule has 1 aliphatic heterocycles. The highest BCUT2D eigenvalue weighted by atomic mass is 32.2. The van der Waals surface area contributed by atoms with Gasteiger partial charge in [0.05, 0.1) is 11.4 Å². The van der Waals surface area contributed by atoms with Crippen LogP contribution in [-0.4, -0.2) is 62.0 Å². The van der Waals surface area contributed by atoms with E-state index >= 15 is 0 Å². The Bertz CT molecular complexity index is 935. The van der Waals surface area contributed by atoms with Crippen molar-refractivity contribution in [2.45, 2.75) is 11.8 Å². The molecule has 1 aliphatic rings. The van der Waals surface area contributed by atoms with Crippen molar-refractivity contribution in [3.63, 3.8) is 0 Å². The van der Waals surface area contributed by atoms with E-state index in [0.717, 1.165) is 5.69 Å². The maximum atomic E-state index is 12.8. The van der Waals surface area contributed by atoms with Gasteiger partial charge in [-0.15, -0.1) is 0 Å². The summed E-state index contributed by atoms with van der Waals surface area (Å²) in [5.74, 6) is -0.228. The number of hydrogen-bond acceptors (Lipinski definition) is 5. The van der Waals surface area contributed by atoms with Gasteiger partial charge in [-0.05, 0) is 31.2 Å². The molecule has 1 fully saturated rings. The molecule has 1 N–H and O–H groups in total. The summed E-state index contributed by atoms with van der Waals surface area (Å²) in [4.78, 5) is 25.6. The van der Waals surface area contributed by atoms with Crippen molar-refractivity contribution in [1.82, 2.24) is 9.21 Å². The normalized spacial score (nSPS) is 15.9. The first-order chi connectivity index (χ1) is 13.4. The van der Waals surface area contributed by atoms with Crippen LogP contribution in [0.5, 0.6) is 0 Å². The van der Waals surface area contributed by atoms with E-state index in [4.69, 9.17) is 0 Å². The van der Waals surface area contributed by atoms with Gasteiger partial charge in [-0.3, -0.25) is 14.5 Å². The van der Waals surface area contributed by atoms with Crippen LogP contribution in [0.4, 0.5) is 5.69 Å². The summed E-state index contributed by atoms with van der Waals surface area (Å²) in [7, 11) is -3.61. The maximum Gasteiger partial charge on any atom is 0.243 e. The van der Waals surface area contributed by atoms with E-state index in [9.17, 15) is 18.0 Å². The second-order valence-electron chi connectivity index (χ2n) is 6.67. The molecule has 1 saturated heterocycles. The van der Waals surface area contributed by atoms with Gasteiger partial charge in [-0.2, -0.15) is 4.31 Å². The number of ketones is 1. The summed E-state index contributed by atoms with van der Waals surface area (Å²) in [6, 6.07) is 15.2. The average molecular weight is 401 g/mol. The van der Waals surface area contributed by atoms with Crippen molar-refractivity contribution in [2.75, 3.05) is 38.0 Å². The van der Waals surface area contributed by atoms with Gasteiger partial charge >= 0.3 is 0 Å². The zero-order valence-corrected chi connectivity index (χ0v) is 16.5. The Morgan fingerprint density at radius 3 is 2.11 bits per heavy atom. The third kappa shape index (κ3) is 4.83. The van der Waals surface area contributed by atoms with Gasteiger partial charge in [0.2, 0.25) is 15.9 Å². The third-order valence-corrected chi connectivity index (χ3v) is 6.57. The lowest BCUT2D eigenvalue weighted by Gasteiger charge is -2.33. The lowest BCUT2D eigenvalue weighted by molar-refractivity contribution is -0.117. The summed E-state index contributed by atoms with van der Waals surface area (Å²) in [5, 5.41) is 2.83. The number of sulfonamides is 1. The number of carbonyl (C=O) groups is 2. The summed E-state index contributed by atoms with van der Waals surface area (Å²) in [5.41, 5.74) is 1.22. The SMILES string of the molecule is CC(=O)c1ccc(S(=O)(=O)N2CCN(CC(=O)Nc3ccccc3)CC2)cc1. The van der Waals surface area contributed by atoms with Gasteiger partial charge in [-0.25, -0.2) is 8.42 Å². The fraction of sp³-hybridized carbons (Fsp3) is 0.300. The lowest BCUT2D eigenvalue weighted by Crippen LogP contribution is -2.50. The van der Waals surface area contributed by atoms with Crippen molar-refractivity contribution < 1.29 is 18.0 Å². The van der Waals surface area contributed by atoms with Crippen LogP contribution in [0, 0.1) is 0 Å². The lowest BCUT2D eigenvalue weighted by atomic mass is 10.2. The Morgan fingerprint density at radius 1 is 0.929 bits per heavy atom. The molecular formula is C20H23N3O4S. The molecule has 0 atom stereocenters. The summed E-state index contributed by atoms with van der Waals surface area (Å²) in [6.07, 6.45) is 0. The third-order valence-electron chi connectivity index (χ3n) is 4.65. The van der Waals surface area contributed by atoms with Crippen molar-refractivity contribution in [2.24, 2.45) is 0 Å². The van der Waals surface area contributed by atoms with Crippen LogP contribution in [0.15, 0.2) is 59.5 Å². The first kappa shape index (κ1) is 20.2. The number of carbonyl (C=O) groups excluding carboxylic acids is 2. The van der Waals surface area contributed by atoms with Gasteiger partial charge in [0.15, 0.2) is 5.78 Å². The number of piperazine rings is 1. The van der Waals surface area contributed by atoms with Gasteiger partial charge < -0.3 is 5.32 Å². The first-order valence-corrected chi connectivity index (χ1v) is 10.5. The molecule has 0 unspecified atom stereocenters. The van der Waals surface area contributed by atoms with Crippen LogP contribution in [0.25, 0.3) is 0 Å². The molecule has 2 aromatic rings. The van der Waals surface area contributed by atoms with Crippen molar-refractivity contribution in [3.8, 4) is 0 Å². The predicted octanol–water partition coefficient (Wildman–Crippen LogP) is 1.83. The van der Waals surface area contributed by atoms with E-state index < -0.39 is 10.0 Å². The largest absolute Gasteiger partial charge is 0.325 e. The van der Waals surface area contributed by atoms with Crippen LogP contribution in [-0.2, 0) is 14.8 Å². The molecule has 7 nitrogen and oxygen atoms in total. The molecule has 0 saturated carbocycles. The number of rotatable bonds is 6. The van der Waals surface area contributed by atoms with Crippen molar-refractivity contribution >= 4 is 27.4 Å². The van der Waals surface area contributed by atoms with Gasteiger partial charge in [0.25, 0.3) is 0 Å². The number of benzene rings is 2. The van der Waals surface area contributed by atoms with Gasteiger partial charge in [0, 0.05) is 37.4 Å². The second kappa shape index (κ2) is 8.64. The highest BCUT2D eigenvalue weighted by molar-refractivity contribution is 7.89. The number of nitrogens with one attached hydrogen (secondary N) is 1. The highest BCUT2D eigenvalue weighted by Gasteiger charge is 2.29.